The molecule has 4 heteroatoms. The summed E-state index contributed by atoms with van der Waals surface area (Å²) < 4.78 is 29.4. The van der Waals surface area contributed by atoms with Gasteiger partial charge in [0.2, 0.25) is 0 Å². The van der Waals surface area contributed by atoms with Crippen LogP contribution in [-0.2, 0) is 6.54 Å². The molecule has 1 aromatic rings. The summed E-state index contributed by atoms with van der Waals surface area (Å²) in [7, 11) is 0. The molecule has 1 rings (SSSR count). The van der Waals surface area contributed by atoms with Crippen LogP contribution in [0.3, 0.4) is 0 Å². The van der Waals surface area contributed by atoms with Gasteiger partial charge in [-0.3, -0.25) is 0 Å². The topological polar surface area (TPSA) is 39.2 Å². The Morgan fingerprint density at radius 2 is 2.00 bits per heavy atom. The summed E-state index contributed by atoms with van der Waals surface area (Å²) in [4.78, 5) is 0. The number of rotatable bonds is 2. The number of furan rings is 1. The summed E-state index contributed by atoms with van der Waals surface area (Å²) in [6, 6.07) is 0. The Bertz CT molecular complexity index is 281. The molecule has 2 N–H and O–H groups in total. The molecule has 0 aliphatic rings. The summed E-state index contributed by atoms with van der Waals surface area (Å²) in [5.41, 5.74) is 6.47. The average molecular weight is 175 g/mol. The number of hydrogen-bond acceptors (Lipinski definition) is 2. The minimum atomic E-state index is -2.57. The third-order valence-electron chi connectivity index (χ3n) is 1.94. The number of nitrogens with two attached hydrogens (primary N) is 1. The molecule has 0 spiro atoms. The van der Waals surface area contributed by atoms with Crippen LogP contribution in [0.15, 0.2) is 4.42 Å². The highest BCUT2D eigenvalue weighted by atomic mass is 19.3. The van der Waals surface area contributed by atoms with Crippen LogP contribution in [-0.4, -0.2) is 0 Å². The van der Waals surface area contributed by atoms with E-state index in [1.165, 1.54) is 0 Å². The maximum Gasteiger partial charge on any atom is 0.295 e. The molecule has 0 aliphatic heterocycles. The molecule has 0 aliphatic carbocycles. The summed E-state index contributed by atoms with van der Waals surface area (Å²) in [6.45, 7) is 3.48. The number of halogens is 2. The highest BCUT2D eigenvalue weighted by molar-refractivity contribution is 5.32. The van der Waals surface area contributed by atoms with Gasteiger partial charge in [-0.2, -0.15) is 0 Å². The van der Waals surface area contributed by atoms with Crippen LogP contribution in [0.25, 0.3) is 0 Å². The quantitative estimate of drug-likeness (QED) is 0.749. The maximum atomic E-state index is 12.3. The molecule has 1 aromatic heterocycles. The van der Waals surface area contributed by atoms with Crippen LogP contribution in [0.4, 0.5) is 8.78 Å². The number of hydrogen-bond donors (Lipinski definition) is 1. The van der Waals surface area contributed by atoms with Gasteiger partial charge in [0.25, 0.3) is 6.43 Å². The zero-order valence-corrected chi connectivity index (χ0v) is 7.03. The predicted octanol–water partition coefficient (Wildman–Crippen LogP) is 2.29. The lowest BCUT2D eigenvalue weighted by atomic mass is 10.1. The molecule has 0 saturated carbocycles. The lowest BCUT2D eigenvalue weighted by Gasteiger charge is -1.97. The molecule has 0 saturated heterocycles. The smallest absolute Gasteiger partial charge is 0.295 e. The Labute approximate surface area is 69.4 Å². The van der Waals surface area contributed by atoms with Gasteiger partial charge in [0.05, 0.1) is 0 Å². The fourth-order valence-corrected chi connectivity index (χ4v) is 1.13. The van der Waals surface area contributed by atoms with Gasteiger partial charge < -0.3 is 10.2 Å². The fourth-order valence-electron chi connectivity index (χ4n) is 1.13. The molecule has 0 atom stereocenters. The largest absolute Gasteiger partial charge is 0.460 e. The van der Waals surface area contributed by atoms with Gasteiger partial charge in [0, 0.05) is 12.1 Å². The van der Waals surface area contributed by atoms with Gasteiger partial charge in [0.1, 0.15) is 5.76 Å². The van der Waals surface area contributed by atoms with E-state index < -0.39 is 6.43 Å². The van der Waals surface area contributed by atoms with Crippen LogP contribution in [0, 0.1) is 13.8 Å². The number of aryl methyl sites for hydroxylation is 1. The zero-order valence-electron chi connectivity index (χ0n) is 7.03. The summed E-state index contributed by atoms with van der Waals surface area (Å²) >= 11 is 0. The van der Waals surface area contributed by atoms with Crippen molar-refractivity contribution in [1.82, 2.24) is 0 Å². The van der Waals surface area contributed by atoms with Crippen LogP contribution >= 0.6 is 0 Å². The Morgan fingerprint density at radius 3 is 2.33 bits per heavy atom. The third kappa shape index (κ3) is 1.34. The van der Waals surface area contributed by atoms with E-state index in [4.69, 9.17) is 10.2 Å². The maximum absolute atomic E-state index is 12.3. The fraction of sp³-hybridized carbons (Fsp3) is 0.500. The van der Waals surface area contributed by atoms with Crippen molar-refractivity contribution >= 4 is 0 Å². The van der Waals surface area contributed by atoms with Gasteiger partial charge in [-0.25, -0.2) is 8.78 Å². The Kier molecular flexibility index (Phi) is 2.47. The molecule has 1 heterocycles. The van der Waals surface area contributed by atoms with Crippen LogP contribution < -0.4 is 5.73 Å². The number of alkyl halides is 2. The second-order valence-electron chi connectivity index (χ2n) is 2.63. The van der Waals surface area contributed by atoms with Crippen LogP contribution in [0.5, 0.6) is 0 Å². The third-order valence-corrected chi connectivity index (χ3v) is 1.94. The summed E-state index contributed by atoms with van der Waals surface area (Å²) in [5.74, 6) is 0.234. The van der Waals surface area contributed by atoms with Gasteiger partial charge >= 0.3 is 0 Å². The molecule has 0 amide bonds. The van der Waals surface area contributed by atoms with Crippen molar-refractivity contribution in [2.45, 2.75) is 26.8 Å². The van der Waals surface area contributed by atoms with E-state index in [0.717, 1.165) is 5.56 Å². The molecule has 2 nitrogen and oxygen atoms in total. The van der Waals surface area contributed by atoms with E-state index in [9.17, 15) is 8.78 Å². The minimum Gasteiger partial charge on any atom is -0.460 e. The van der Waals surface area contributed by atoms with E-state index in [1.54, 1.807) is 13.8 Å². The van der Waals surface area contributed by atoms with Crippen molar-refractivity contribution in [2.24, 2.45) is 5.73 Å². The second-order valence-corrected chi connectivity index (χ2v) is 2.63. The first-order valence-electron chi connectivity index (χ1n) is 3.65. The molecule has 0 radical (unpaired) electrons. The molecular weight excluding hydrogens is 164 g/mol. The highest BCUT2D eigenvalue weighted by Crippen LogP contribution is 2.29. The van der Waals surface area contributed by atoms with Crippen LogP contribution in [0.1, 0.15) is 29.1 Å². The van der Waals surface area contributed by atoms with E-state index in [1.807, 2.05) is 0 Å². The summed E-state index contributed by atoms with van der Waals surface area (Å²) in [6.07, 6.45) is -2.57. The van der Waals surface area contributed by atoms with Crippen molar-refractivity contribution in [3.63, 3.8) is 0 Å². The lowest BCUT2D eigenvalue weighted by molar-refractivity contribution is 0.119. The molecule has 68 valence electrons. The Hall–Kier alpha value is -0.900. The Morgan fingerprint density at radius 1 is 1.42 bits per heavy atom. The van der Waals surface area contributed by atoms with E-state index in [-0.39, 0.29) is 12.3 Å². The van der Waals surface area contributed by atoms with Crippen molar-refractivity contribution < 1.29 is 13.2 Å². The molecule has 12 heavy (non-hydrogen) atoms. The second kappa shape index (κ2) is 3.23. The molecule has 0 aromatic carbocycles. The monoisotopic (exact) mass is 175 g/mol. The minimum absolute atomic E-state index is 0.100. The average Bonchev–Trinajstić information content (AvgIpc) is 2.29. The van der Waals surface area contributed by atoms with Crippen LogP contribution in [0.2, 0.25) is 0 Å². The highest BCUT2D eigenvalue weighted by Gasteiger charge is 2.20. The van der Waals surface area contributed by atoms with E-state index in [0.29, 0.717) is 11.3 Å². The lowest BCUT2D eigenvalue weighted by Crippen LogP contribution is -2.00. The SMILES string of the molecule is Cc1oc(C(F)F)c(CN)c1C. The Balaban J connectivity index is 3.20. The standard InChI is InChI=1S/C8H11F2NO/c1-4-5(2)12-7(8(9)10)6(4)3-11/h8H,3,11H2,1-2H3. The predicted molar refractivity (Wildman–Crippen MR) is 41.0 cm³/mol. The van der Waals surface area contributed by atoms with Gasteiger partial charge in [-0.1, -0.05) is 0 Å². The molecule has 0 unspecified atom stereocenters. The first-order valence-corrected chi connectivity index (χ1v) is 3.65. The first-order chi connectivity index (χ1) is 5.57. The molecular formula is C8H11F2NO. The first kappa shape index (κ1) is 9.19. The van der Waals surface area contributed by atoms with E-state index >= 15 is 0 Å². The van der Waals surface area contributed by atoms with E-state index in [2.05, 4.69) is 0 Å². The van der Waals surface area contributed by atoms with Gasteiger partial charge in [-0.15, -0.1) is 0 Å². The summed E-state index contributed by atoms with van der Waals surface area (Å²) in [5, 5.41) is 0. The van der Waals surface area contributed by atoms with Gasteiger partial charge in [0.15, 0.2) is 5.76 Å². The van der Waals surface area contributed by atoms with Crippen molar-refractivity contribution in [3.05, 3.63) is 22.6 Å². The van der Waals surface area contributed by atoms with Crippen molar-refractivity contribution in [2.75, 3.05) is 0 Å². The normalized spacial score (nSPS) is 11.2. The van der Waals surface area contributed by atoms with Crippen molar-refractivity contribution in [3.8, 4) is 0 Å². The molecule has 0 bridgehead atoms. The van der Waals surface area contributed by atoms with Gasteiger partial charge in [-0.05, 0) is 19.4 Å². The van der Waals surface area contributed by atoms with Crippen molar-refractivity contribution in [1.29, 1.82) is 0 Å². The zero-order chi connectivity index (χ0) is 9.30. The molecule has 0 fully saturated rings.